The van der Waals surface area contributed by atoms with E-state index in [0.29, 0.717) is 12.8 Å². The van der Waals surface area contributed by atoms with Gasteiger partial charge in [0.05, 0.1) is 5.75 Å². The van der Waals surface area contributed by atoms with Crippen LogP contribution in [-0.4, -0.2) is 18.7 Å². The first-order chi connectivity index (χ1) is 7.08. The van der Waals surface area contributed by atoms with Crippen molar-refractivity contribution in [3.05, 3.63) is 35.9 Å². The van der Waals surface area contributed by atoms with Crippen molar-refractivity contribution in [1.82, 2.24) is 0 Å². The second kappa shape index (κ2) is 5.54. The minimum absolute atomic E-state index is 0.226. The van der Waals surface area contributed by atoms with E-state index in [0.717, 1.165) is 5.56 Å². The van der Waals surface area contributed by atoms with Gasteiger partial charge in [0.2, 0.25) is 0 Å². The zero-order valence-corrected chi connectivity index (χ0v) is 9.00. The third-order valence-corrected chi connectivity index (χ3v) is 2.52. The summed E-state index contributed by atoms with van der Waals surface area (Å²) in [6.45, 7) is 0. The minimum Gasteiger partial charge on any atom is -0.286 e. The standard InChI is InChI=1S/C11H12O3S/c12-15(13,14)10-6-2-5-9-11-7-3-1-4-8-11/h1,3-4,7-8H,2,6,10H2,(H,12,13,14). The molecule has 0 aliphatic rings. The molecule has 1 aromatic rings. The van der Waals surface area contributed by atoms with E-state index in [1.807, 2.05) is 30.3 Å². The Morgan fingerprint density at radius 1 is 1.20 bits per heavy atom. The monoisotopic (exact) mass is 224 g/mol. The average Bonchev–Trinajstić information content (AvgIpc) is 2.17. The van der Waals surface area contributed by atoms with Crippen molar-refractivity contribution in [3.8, 4) is 11.8 Å². The van der Waals surface area contributed by atoms with Crippen LogP contribution >= 0.6 is 0 Å². The van der Waals surface area contributed by atoms with Gasteiger partial charge >= 0.3 is 0 Å². The Morgan fingerprint density at radius 2 is 1.87 bits per heavy atom. The van der Waals surface area contributed by atoms with Crippen LogP contribution in [0.3, 0.4) is 0 Å². The highest BCUT2D eigenvalue weighted by Crippen LogP contribution is 1.96. The topological polar surface area (TPSA) is 54.4 Å². The maximum Gasteiger partial charge on any atom is 0.264 e. The Bertz CT molecular complexity index is 452. The SMILES string of the molecule is O=S(=O)(O)CCCC#Cc1ccccc1. The Hall–Kier alpha value is -1.31. The molecule has 4 heteroatoms. The molecule has 0 aliphatic heterocycles. The summed E-state index contributed by atoms with van der Waals surface area (Å²) in [4.78, 5) is 0. The molecule has 1 rings (SSSR count). The largest absolute Gasteiger partial charge is 0.286 e. The molecule has 0 amide bonds. The fourth-order valence-electron chi connectivity index (χ4n) is 1.03. The fourth-order valence-corrected chi connectivity index (χ4v) is 1.54. The molecule has 3 nitrogen and oxygen atoms in total. The summed E-state index contributed by atoms with van der Waals surface area (Å²) in [5, 5.41) is 0. The van der Waals surface area contributed by atoms with E-state index in [4.69, 9.17) is 4.55 Å². The van der Waals surface area contributed by atoms with Gasteiger partial charge in [0.15, 0.2) is 0 Å². The molecule has 0 bridgehead atoms. The van der Waals surface area contributed by atoms with E-state index in [-0.39, 0.29) is 5.75 Å². The van der Waals surface area contributed by atoms with Crippen LogP contribution in [0.4, 0.5) is 0 Å². The van der Waals surface area contributed by atoms with Gasteiger partial charge in [0.1, 0.15) is 0 Å². The molecular formula is C11H12O3S. The highest BCUT2D eigenvalue weighted by atomic mass is 32.2. The smallest absolute Gasteiger partial charge is 0.264 e. The first-order valence-corrected chi connectivity index (χ1v) is 6.18. The molecule has 1 aromatic carbocycles. The van der Waals surface area contributed by atoms with E-state index in [2.05, 4.69) is 11.8 Å². The molecule has 0 aliphatic carbocycles. The molecule has 0 spiro atoms. The maximum absolute atomic E-state index is 10.4. The Labute approximate surface area is 89.9 Å². The van der Waals surface area contributed by atoms with Crippen molar-refractivity contribution >= 4 is 10.1 Å². The maximum atomic E-state index is 10.4. The van der Waals surface area contributed by atoms with Gasteiger partial charge < -0.3 is 0 Å². The fraction of sp³-hybridized carbons (Fsp3) is 0.273. The molecule has 0 aromatic heterocycles. The van der Waals surface area contributed by atoms with Crippen LogP contribution in [0, 0.1) is 11.8 Å². The van der Waals surface area contributed by atoms with Crippen molar-refractivity contribution in [3.63, 3.8) is 0 Å². The van der Waals surface area contributed by atoms with Crippen LogP contribution < -0.4 is 0 Å². The van der Waals surface area contributed by atoms with E-state index in [1.165, 1.54) is 0 Å². The van der Waals surface area contributed by atoms with Crippen molar-refractivity contribution < 1.29 is 13.0 Å². The summed E-state index contributed by atoms with van der Waals surface area (Å²) < 4.78 is 29.2. The van der Waals surface area contributed by atoms with Crippen LogP contribution in [0.15, 0.2) is 30.3 Å². The van der Waals surface area contributed by atoms with Gasteiger partial charge in [-0.3, -0.25) is 4.55 Å². The lowest BCUT2D eigenvalue weighted by Crippen LogP contribution is -2.02. The summed E-state index contributed by atoms with van der Waals surface area (Å²) >= 11 is 0. The lowest BCUT2D eigenvalue weighted by molar-refractivity contribution is 0.481. The number of hydrogen-bond acceptors (Lipinski definition) is 2. The van der Waals surface area contributed by atoms with Crippen molar-refractivity contribution in [2.24, 2.45) is 0 Å². The van der Waals surface area contributed by atoms with E-state index >= 15 is 0 Å². The van der Waals surface area contributed by atoms with Gasteiger partial charge in [-0.15, -0.1) is 0 Å². The predicted octanol–water partition coefficient (Wildman–Crippen LogP) is 1.71. The molecular weight excluding hydrogens is 212 g/mol. The molecule has 0 unspecified atom stereocenters. The second-order valence-corrected chi connectivity index (χ2v) is 4.63. The lowest BCUT2D eigenvalue weighted by Gasteiger charge is -1.91. The van der Waals surface area contributed by atoms with Gasteiger partial charge in [-0.05, 0) is 18.6 Å². The van der Waals surface area contributed by atoms with Gasteiger partial charge in [0.25, 0.3) is 10.1 Å². The normalized spacial score (nSPS) is 10.5. The zero-order chi connectivity index (χ0) is 11.1. The summed E-state index contributed by atoms with van der Waals surface area (Å²) in [5.41, 5.74) is 0.907. The third-order valence-electron chi connectivity index (χ3n) is 1.71. The molecule has 0 heterocycles. The average molecular weight is 224 g/mol. The number of rotatable bonds is 3. The third kappa shape index (κ3) is 5.89. The molecule has 0 saturated heterocycles. The number of hydrogen-bond donors (Lipinski definition) is 1. The molecule has 1 N–H and O–H groups in total. The van der Waals surface area contributed by atoms with Gasteiger partial charge in [0, 0.05) is 12.0 Å². The van der Waals surface area contributed by atoms with E-state index in [1.54, 1.807) is 0 Å². The van der Waals surface area contributed by atoms with Gasteiger partial charge in [-0.25, -0.2) is 0 Å². The summed E-state index contributed by atoms with van der Waals surface area (Å²) in [6.07, 6.45) is 0.827. The molecule has 0 fully saturated rings. The summed E-state index contributed by atoms with van der Waals surface area (Å²) in [6, 6.07) is 9.46. The number of benzene rings is 1. The Balaban J connectivity index is 2.36. The molecule has 80 valence electrons. The predicted molar refractivity (Wildman–Crippen MR) is 59.0 cm³/mol. The second-order valence-electron chi connectivity index (χ2n) is 3.06. The summed E-state index contributed by atoms with van der Waals surface area (Å²) in [5.74, 6) is 5.53. The van der Waals surface area contributed by atoms with Crippen molar-refractivity contribution in [2.75, 3.05) is 5.75 Å². The van der Waals surface area contributed by atoms with Crippen LogP contribution in [0.2, 0.25) is 0 Å². The van der Waals surface area contributed by atoms with Crippen LogP contribution in [0.5, 0.6) is 0 Å². The van der Waals surface area contributed by atoms with E-state index in [9.17, 15) is 8.42 Å². The molecule has 0 saturated carbocycles. The van der Waals surface area contributed by atoms with Crippen LogP contribution in [0.25, 0.3) is 0 Å². The quantitative estimate of drug-likeness (QED) is 0.483. The van der Waals surface area contributed by atoms with Crippen molar-refractivity contribution in [2.45, 2.75) is 12.8 Å². The number of unbranched alkanes of at least 4 members (excludes halogenated alkanes) is 1. The molecule has 15 heavy (non-hydrogen) atoms. The highest BCUT2D eigenvalue weighted by molar-refractivity contribution is 7.85. The van der Waals surface area contributed by atoms with Crippen molar-refractivity contribution in [1.29, 1.82) is 0 Å². The molecule has 0 radical (unpaired) electrons. The van der Waals surface area contributed by atoms with E-state index < -0.39 is 10.1 Å². The minimum atomic E-state index is -3.84. The Kier molecular flexibility index (Phi) is 4.35. The highest BCUT2D eigenvalue weighted by Gasteiger charge is 2.01. The first-order valence-electron chi connectivity index (χ1n) is 4.57. The van der Waals surface area contributed by atoms with Gasteiger partial charge in [-0.1, -0.05) is 30.0 Å². The molecule has 0 atom stereocenters. The van der Waals surface area contributed by atoms with Crippen LogP contribution in [-0.2, 0) is 10.1 Å². The summed E-state index contributed by atoms with van der Waals surface area (Å²) in [7, 11) is -3.84. The van der Waals surface area contributed by atoms with Gasteiger partial charge in [-0.2, -0.15) is 8.42 Å². The first kappa shape index (κ1) is 11.8. The lowest BCUT2D eigenvalue weighted by atomic mass is 10.2. The van der Waals surface area contributed by atoms with Crippen LogP contribution in [0.1, 0.15) is 18.4 Å². The zero-order valence-electron chi connectivity index (χ0n) is 8.18. The Morgan fingerprint density at radius 3 is 2.47 bits per heavy atom.